The van der Waals surface area contributed by atoms with Gasteiger partial charge in [-0.25, -0.2) is 0 Å². The van der Waals surface area contributed by atoms with Gasteiger partial charge in [-0.2, -0.15) is 0 Å². The fraction of sp³-hybridized carbons (Fsp3) is 0.500. The number of hydrogen-bond donors (Lipinski definition) is 0. The van der Waals surface area contributed by atoms with Gasteiger partial charge < -0.3 is 4.74 Å². The van der Waals surface area contributed by atoms with Crippen LogP contribution in [0.3, 0.4) is 0 Å². The Morgan fingerprint density at radius 3 is 2.67 bits per heavy atom. The van der Waals surface area contributed by atoms with Crippen molar-refractivity contribution < 1.29 is 9.53 Å². The van der Waals surface area contributed by atoms with Crippen LogP contribution in [0, 0.1) is 5.92 Å². The van der Waals surface area contributed by atoms with Crippen molar-refractivity contribution in [2.75, 3.05) is 6.61 Å². The van der Waals surface area contributed by atoms with Crippen LogP contribution in [0.2, 0.25) is 0 Å². The first kappa shape index (κ1) is 9.04. The molecule has 0 spiro atoms. The maximum atomic E-state index is 11.2. The largest absolute Gasteiger partial charge is 0.461 e. The lowest BCUT2D eigenvalue weighted by Crippen LogP contribution is -2.15. The zero-order valence-corrected chi connectivity index (χ0v) is 7.38. The van der Waals surface area contributed by atoms with Crippen LogP contribution >= 0.6 is 0 Å². The van der Waals surface area contributed by atoms with E-state index in [1.54, 1.807) is 0 Å². The number of carbonyl (C=O) groups is 1. The quantitative estimate of drug-likeness (QED) is 0.474. The second kappa shape index (κ2) is 4.10. The third-order valence-corrected chi connectivity index (χ3v) is 1.80. The van der Waals surface area contributed by atoms with E-state index in [9.17, 15) is 4.79 Å². The fourth-order valence-corrected chi connectivity index (χ4v) is 1.12. The van der Waals surface area contributed by atoms with Gasteiger partial charge in [-0.3, -0.25) is 4.79 Å². The summed E-state index contributed by atoms with van der Waals surface area (Å²) in [5.41, 5.74) is 0.884. The number of rotatable bonds is 3. The van der Waals surface area contributed by atoms with Crippen molar-refractivity contribution in [2.45, 2.75) is 19.8 Å². The lowest BCUT2D eigenvalue weighted by atomic mass is 10.1. The topological polar surface area (TPSA) is 26.3 Å². The number of ether oxygens (including phenoxy) is 1. The minimum Gasteiger partial charge on any atom is -0.461 e. The predicted octanol–water partition coefficient (Wildman–Crippen LogP) is 2.07. The van der Waals surface area contributed by atoms with Gasteiger partial charge in [0, 0.05) is 0 Å². The molecule has 0 atom stereocenters. The molecule has 1 aliphatic carbocycles. The van der Waals surface area contributed by atoms with E-state index in [4.69, 9.17) is 4.74 Å². The lowest BCUT2D eigenvalue weighted by Gasteiger charge is -2.08. The molecule has 1 aliphatic rings. The fourth-order valence-electron chi connectivity index (χ4n) is 1.12. The van der Waals surface area contributed by atoms with Crippen molar-refractivity contribution in [1.29, 1.82) is 0 Å². The van der Waals surface area contributed by atoms with Crippen molar-refractivity contribution >= 4 is 5.97 Å². The van der Waals surface area contributed by atoms with E-state index < -0.39 is 0 Å². The summed E-state index contributed by atoms with van der Waals surface area (Å²) in [6, 6.07) is 0. The first-order valence-electron chi connectivity index (χ1n) is 4.16. The molecule has 0 radical (unpaired) electrons. The predicted molar refractivity (Wildman–Crippen MR) is 47.6 cm³/mol. The Kier molecular flexibility index (Phi) is 3.09. The van der Waals surface area contributed by atoms with Crippen LogP contribution in [-0.2, 0) is 9.53 Å². The highest BCUT2D eigenvalue weighted by Crippen LogP contribution is 2.19. The van der Waals surface area contributed by atoms with Gasteiger partial charge in [0.2, 0.25) is 0 Å². The molecule has 0 fully saturated rings. The molecule has 12 heavy (non-hydrogen) atoms. The molecule has 0 unspecified atom stereocenters. The van der Waals surface area contributed by atoms with Gasteiger partial charge in [0.1, 0.15) is 6.61 Å². The highest BCUT2D eigenvalue weighted by molar-refractivity contribution is 5.73. The number of esters is 1. The molecule has 2 heteroatoms. The van der Waals surface area contributed by atoms with E-state index in [1.807, 2.05) is 19.1 Å². The molecule has 0 amide bonds. The van der Waals surface area contributed by atoms with E-state index in [1.165, 1.54) is 0 Å². The van der Waals surface area contributed by atoms with Crippen molar-refractivity contribution in [3.8, 4) is 0 Å². The molecular weight excluding hydrogens is 152 g/mol. The minimum atomic E-state index is -0.0944. The average molecular weight is 166 g/mol. The SMILES string of the molecule is C=C(C)COC(=O)C1CC=CC1. The van der Waals surface area contributed by atoms with Crippen molar-refractivity contribution in [3.63, 3.8) is 0 Å². The van der Waals surface area contributed by atoms with Gasteiger partial charge >= 0.3 is 5.97 Å². The van der Waals surface area contributed by atoms with E-state index in [0.717, 1.165) is 18.4 Å². The summed E-state index contributed by atoms with van der Waals surface area (Å²) >= 11 is 0. The number of hydrogen-bond acceptors (Lipinski definition) is 2. The van der Waals surface area contributed by atoms with Gasteiger partial charge in [0.05, 0.1) is 5.92 Å². The third-order valence-electron chi connectivity index (χ3n) is 1.80. The summed E-state index contributed by atoms with van der Waals surface area (Å²) in [7, 11) is 0. The van der Waals surface area contributed by atoms with Crippen LogP contribution in [0.4, 0.5) is 0 Å². The van der Waals surface area contributed by atoms with Gasteiger partial charge in [-0.15, -0.1) is 0 Å². The summed E-state index contributed by atoms with van der Waals surface area (Å²) < 4.78 is 5.01. The molecule has 0 bridgehead atoms. The maximum Gasteiger partial charge on any atom is 0.309 e. The van der Waals surface area contributed by atoms with E-state index in [-0.39, 0.29) is 11.9 Å². The Hall–Kier alpha value is -1.05. The van der Waals surface area contributed by atoms with Gasteiger partial charge in [-0.1, -0.05) is 18.7 Å². The highest BCUT2D eigenvalue weighted by Gasteiger charge is 2.20. The number of allylic oxidation sites excluding steroid dienone is 2. The Balaban J connectivity index is 2.24. The zero-order valence-electron chi connectivity index (χ0n) is 7.38. The molecule has 0 aromatic carbocycles. The molecular formula is C10H14O2. The Bertz CT molecular complexity index is 208. The maximum absolute atomic E-state index is 11.2. The summed E-state index contributed by atoms with van der Waals surface area (Å²) in [6.07, 6.45) is 5.70. The first-order valence-corrected chi connectivity index (χ1v) is 4.16. The van der Waals surface area contributed by atoms with E-state index in [0.29, 0.717) is 6.61 Å². The van der Waals surface area contributed by atoms with Crippen LogP contribution < -0.4 is 0 Å². The molecule has 0 N–H and O–H groups in total. The molecule has 66 valence electrons. The smallest absolute Gasteiger partial charge is 0.309 e. The molecule has 0 aromatic heterocycles. The molecule has 0 aliphatic heterocycles. The molecule has 2 nitrogen and oxygen atoms in total. The molecule has 0 saturated carbocycles. The third kappa shape index (κ3) is 2.53. The highest BCUT2D eigenvalue weighted by atomic mass is 16.5. The molecule has 0 saturated heterocycles. The van der Waals surface area contributed by atoms with Gasteiger partial charge in [0.15, 0.2) is 0 Å². The van der Waals surface area contributed by atoms with E-state index >= 15 is 0 Å². The zero-order chi connectivity index (χ0) is 8.97. The van der Waals surface area contributed by atoms with Gasteiger partial charge in [-0.05, 0) is 25.3 Å². The normalized spacial score (nSPS) is 16.4. The summed E-state index contributed by atoms with van der Waals surface area (Å²) in [6.45, 7) is 5.86. The minimum absolute atomic E-state index is 0.0596. The summed E-state index contributed by atoms with van der Waals surface area (Å²) in [5.74, 6) is -0.0349. The van der Waals surface area contributed by atoms with Crippen molar-refractivity contribution in [3.05, 3.63) is 24.3 Å². The van der Waals surface area contributed by atoms with Crippen LogP contribution in [0.25, 0.3) is 0 Å². The Morgan fingerprint density at radius 1 is 1.58 bits per heavy atom. The molecule has 0 heterocycles. The first-order chi connectivity index (χ1) is 5.70. The Morgan fingerprint density at radius 2 is 2.17 bits per heavy atom. The van der Waals surface area contributed by atoms with Crippen LogP contribution in [0.5, 0.6) is 0 Å². The lowest BCUT2D eigenvalue weighted by molar-refractivity contribution is -0.147. The van der Waals surface area contributed by atoms with Crippen molar-refractivity contribution in [1.82, 2.24) is 0 Å². The summed E-state index contributed by atoms with van der Waals surface area (Å²) in [4.78, 5) is 11.2. The van der Waals surface area contributed by atoms with E-state index in [2.05, 4.69) is 6.58 Å². The molecule has 0 aromatic rings. The average Bonchev–Trinajstić information content (AvgIpc) is 2.51. The molecule has 1 rings (SSSR count). The summed E-state index contributed by atoms with van der Waals surface area (Å²) in [5, 5.41) is 0. The Labute approximate surface area is 72.9 Å². The second-order valence-corrected chi connectivity index (χ2v) is 3.20. The van der Waals surface area contributed by atoms with Gasteiger partial charge in [0.25, 0.3) is 0 Å². The second-order valence-electron chi connectivity index (χ2n) is 3.20. The monoisotopic (exact) mass is 166 g/mol. The van der Waals surface area contributed by atoms with Crippen LogP contribution in [0.1, 0.15) is 19.8 Å². The van der Waals surface area contributed by atoms with Crippen molar-refractivity contribution in [2.24, 2.45) is 5.92 Å². The standard InChI is InChI=1S/C10H14O2/c1-8(2)7-12-10(11)9-5-3-4-6-9/h3-4,9H,1,5-7H2,2H3. The number of carbonyl (C=O) groups excluding carboxylic acids is 1. The van der Waals surface area contributed by atoms with Crippen LogP contribution in [-0.4, -0.2) is 12.6 Å². The van der Waals surface area contributed by atoms with Crippen LogP contribution in [0.15, 0.2) is 24.3 Å².